The fourth-order valence-corrected chi connectivity index (χ4v) is 2.30. The van der Waals surface area contributed by atoms with Crippen LogP contribution in [0.2, 0.25) is 5.02 Å². The lowest BCUT2D eigenvalue weighted by atomic mass is 10.1. The molecule has 0 fully saturated rings. The summed E-state index contributed by atoms with van der Waals surface area (Å²) in [5.41, 5.74) is 1.48. The molecular weight excluding hydrogens is 317 g/mol. The van der Waals surface area contributed by atoms with Crippen molar-refractivity contribution in [1.29, 1.82) is 0 Å². The zero-order chi connectivity index (χ0) is 13.1. The zero-order valence-corrected chi connectivity index (χ0v) is 12.1. The van der Waals surface area contributed by atoms with Crippen molar-refractivity contribution in [3.63, 3.8) is 0 Å². The minimum absolute atomic E-state index is 0.00420. The van der Waals surface area contributed by atoms with Crippen LogP contribution in [0.4, 0.5) is 10.1 Å². The summed E-state index contributed by atoms with van der Waals surface area (Å²) < 4.78 is 14.8. The number of hydrogen-bond donors (Lipinski definition) is 1. The van der Waals surface area contributed by atoms with E-state index >= 15 is 0 Å². The standard InChI is InChI=1S/C14H12BrClFN/c1-9(10-4-2-5-11(15)8-10)18-13-7-3-6-12(16)14(13)17/h2-9,18H,1H3. The average Bonchev–Trinajstić information content (AvgIpc) is 2.35. The maximum Gasteiger partial charge on any atom is 0.164 e. The van der Waals surface area contributed by atoms with Crippen molar-refractivity contribution in [2.24, 2.45) is 0 Å². The Morgan fingerprint density at radius 1 is 1.22 bits per heavy atom. The van der Waals surface area contributed by atoms with Crippen LogP contribution in [0.3, 0.4) is 0 Å². The Morgan fingerprint density at radius 3 is 2.67 bits per heavy atom. The molecule has 0 amide bonds. The van der Waals surface area contributed by atoms with Gasteiger partial charge < -0.3 is 5.32 Å². The molecule has 0 saturated carbocycles. The lowest BCUT2D eigenvalue weighted by Crippen LogP contribution is -2.08. The van der Waals surface area contributed by atoms with Crippen molar-refractivity contribution < 1.29 is 4.39 Å². The van der Waals surface area contributed by atoms with Gasteiger partial charge in [-0.15, -0.1) is 0 Å². The number of rotatable bonds is 3. The number of nitrogens with one attached hydrogen (secondary N) is 1. The lowest BCUT2D eigenvalue weighted by Gasteiger charge is -2.16. The number of benzene rings is 2. The van der Waals surface area contributed by atoms with Crippen molar-refractivity contribution in [3.8, 4) is 0 Å². The van der Waals surface area contributed by atoms with Gasteiger partial charge in [0.25, 0.3) is 0 Å². The fraction of sp³-hybridized carbons (Fsp3) is 0.143. The smallest absolute Gasteiger partial charge is 0.164 e. The summed E-state index contributed by atoms with van der Waals surface area (Å²) in [6, 6.07) is 12.8. The van der Waals surface area contributed by atoms with Gasteiger partial charge in [0, 0.05) is 10.5 Å². The molecule has 0 aliphatic heterocycles. The first-order chi connectivity index (χ1) is 8.58. The van der Waals surface area contributed by atoms with Gasteiger partial charge >= 0.3 is 0 Å². The molecule has 2 rings (SSSR count). The molecule has 2 aromatic carbocycles. The van der Waals surface area contributed by atoms with Crippen molar-refractivity contribution in [1.82, 2.24) is 0 Å². The Labute approximate surface area is 119 Å². The molecule has 0 aliphatic rings. The van der Waals surface area contributed by atoms with Gasteiger partial charge in [-0.1, -0.05) is 45.7 Å². The van der Waals surface area contributed by atoms with Crippen LogP contribution in [0.5, 0.6) is 0 Å². The fourth-order valence-electron chi connectivity index (χ4n) is 1.71. The molecule has 0 spiro atoms. The molecular formula is C14H12BrClFN. The monoisotopic (exact) mass is 327 g/mol. The molecule has 2 aromatic rings. The minimum Gasteiger partial charge on any atom is -0.376 e. The number of hydrogen-bond acceptors (Lipinski definition) is 1. The van der Waals surface area contributed by atoms with Crippen LogP contribution in [0.1, 0.15) is 18.5 Å². The predicted molar refractivity (Wildman–Crippen MR) is 77.6 cm³/mol. The summed E-state index contributed by atoms with van der Waals surface area (Å²) in [4.78, 5) is 0. The van der Waals surface area contributed by atoms with Crippen LogP contribution in [0, 0.1) is 5.82 Å². The SMILES string of the molecule is CC(Nc1cccc(Cl)c1F)c1cccc(Br)c1. The average molecular weight is 329 g/mol. The van der Waals surface area contributed by atoms with E-state index < -0.39 is 5.82 Å². The van der Waals surface area contributed by atoms with E-state index in [0.29, 0.717) is 5.69 Å². The highest BCUT2D eigenvalue weighted by Gasteiger charge is 2.10. The van der Waals surface area contributed by atoms with Crippen molar-refractivity contribution in [2.45, 2.75) is 13.0 Å². The highest BCUT2D eigenvalue weighted by Crippen LogP contribution is 2.26. The van der Waals surface area contributed by atoms with Crippen molar-refractivity contribution >= 4 is 33.2 Å². The summed E-state index contributed by atoms with van der Waals surface area (Å²) >= 11 is 9.17. The van der Waals surface area contributed by atoms with E-state index in [4.69, 9.17) is 11.6 Å². The largest absolute Gasteiger partial charge is 0.376 e. The molecule has 18 heavy (non-hydrogen) atoms. The first kappa shape index (κ1) is 13.4. The van der Waals surface area contributed by atoms with Gasteiger partial charge in [0.05, 0.1) is 10.7 Å². The van der Waals surface area contributed by atoms with Crippen LogP contribution in [0.15, 0.2) is 46.9 Å². The minimum atomic E-state index is -0.416. The highest BCUT2D eigenvalue weighted by molar-refractivity contribution is 9.10. The molecule has 1 atom stereocenters. The Balaban J connectivity index is 2.21. The van der Waals surface area contributed by atoms with E-state index in [1.807, 2.05) is 31.2 Å². The number of anilines is 1. The highest BCUT2D eigenvalue weighted by atomic mass is 79.9. The number of halogens is 3. The molecule has 1 unspecified atom stereocenters. The van der Waals surface area contributed by atoms with E-state index in [2.05, 4.69) is 21.2 Å². The molecule has 1 nitrogen and oxygen atoms in total. The molecule has 1 N–H and O–H groups in total. The first-order valence-corrected chi connectivity index (χ1v) is 6.71. The van der Waals surface area contributed by atoms with E-state index in [-0.39, 0.29) is 11.1 Å². The summed E-state index contributed by atoms with van der Waals surface area (Å²) in [6.07, 6.45) is 0. The van der Waals surface area contributed by atoms with E-state index in [9.17, 15) is 4.39 Å². The summed E-state index contributed by atoms with van der Waals surface area (Å²) in [7, 11) is 0. The van der Waals surface area contributed by atoms with Crippen molar-refractivity contribution in [3.05, 3.63) is 63.3 Å². The Bertz CT molecular complexity index is 559. The summed E-state index contributed by atoms with van der Waals surface area (Å²) in [5.74, 6) is -0.416. The van der Waals surface area contributed by atoms with Crippen LogP contribution < -0.4 is 5.32 Å². The molecule has 94 valence electrons. The molecule has 0 radical (unpaired) electrons. The Hall–Kier alpha value is -1.06. The second-order valence-electron chi connectivity index (χ2n) is 4.02. The van der Waals surface area contributed by atoms with Crippen LogP contribution >= 0.6 is 27.5 Å². The van der Waals surface area contributed by atoms with Crippen LogP contribution in [-0.4, -0.2) is 0 Å². The first-order valence-electron chi connectivity index (χ1n) is 5.54. The van der Waals surface area contributed by atoms with Crippen molar-refractivity contribution in [2.75, 3.05) is 5.32 Å². The zero-order valence-electron chi connectivity index (χ0n) is 9.75. The second-order valence-corrected chi connectivity index (χ2v) is 5.35. The predicted octanol–water partition coefficient (Wildman–Crippen LogP) is 5.41. The molecule has 0 heterocycles. The molecule has 0 bridgehead atoms. The maximum absolute atomic E-state index is 13.8. The van der Waals surface area contributed by atoms with Gasteiger partial charge in [0.2, 0.25) is 0 Å². The normalized spacial score (nSPS) is 12.2. The third-order valence-corrected chi connectivity index (χ3v) is 3.46. The summed E-state index contributed by atoms with van der Waals surface area (Å²) in [5, 5.41) is 3.24. The third kappa shape index (κ3) is 3.03. The lowest BCUT2D eigenvalue weighted by molar-refractivity contribution is 0.628. The van der Waals surface area contributed by atoms with E-state index in [1.54, 1.807) is 12.1 Å². The van der Waals surface area contributed by atoms with Gasteiger partial charge in [0.1, 0.15) is 0 Å². The molecule has 0 aromatic heterocycles. The molecule has 4 heteroatoms. The second kappa shape index (κ2) is 5.72. The Kier molecular flexibility index (Phi) is 4.25. The summed E-state index contributed by atoms with van der Waals surface area (Å²) in [6.45, 7) is 1.97. The molecule has 0 saturated heterocycles. The topological polar surface area (TPSA) is 12.0 Å². The van der Waals surface area contributed by atoms with Gasteiger partial charge in [-0.3, -0.25) is 0 Å². The van der Waals surface area contributed by atoms with Crippen LogP contribution in [-0.2, 0) is 0 Å². The van der Waals surface area contributed by atoms with Gasteiger partial charge in [-0.05, 0) is 36.8 Å². The van der Waals surface area contributed by atoms with Gasteiger partial charge in [-0.2, -0.15) is 0 Å². The van der Waals surface area contributed by atoms with Gasteiger partial charge in [-0.25, -0.2) is 4.39 Å². The third-order valence-electron chi connectivity index (χ3n) is 2.67. The quantitative estimate of drug-likeness (QED) is 0.794. The van der Waals surface area contributed by atoms with E-state index in [1.165, 1.54) is 6.07 Å². The van der Waals surface area contributed by atoms with E-state index in [0.717, 1.165) is 10.0 Å². The molecule has 0 aliphatic carbocycles. The van der Waals surface area contributed by atoms with Gasteiger partial charge in [0.15, 0.2) is 5.82 Å². The van der Waals surface area contributed by atoms with Crippen LogP contribution in [0.25, 0.3) is 0 Å². The Morgan fingerprint density at radius 2 is 1.94 bits per heavy atom. The maximum atomic E-state index is 13.8.